The molecule has 1 amide bonds. The molecule has 0 radical (unpaired) electrons. The fourth-order valence-corrected chi connectivity index (χ4v) is 1.15. The maximum Gasteiger partial charge on any atom is 0.222 e. The molecule has 0 aliphatic heterocycles. The molecule has 80 valence electrons. The Balaban J connectivity index is 3.95. The average molecular weight is 196 g/mol. The molecular weight excluding hydrogens is 176 g/mol. The van der Waals surface area contributed by atoms with Crippen molar-refractivity contribution in [3.63, 3.8) is 0 Å². The van der Waals surface area contributed by atoms with Gasteiger partial charge in [-0.05, 0) is 12.8 Å². The minimum absolute atomic E-state index is 0.0825. The van der Waals surface area contributed by atoms with Gasteiger partial charge >= 0.3 is 0 Å². The largest absolute Gasteiger partial charge is 0.344 e. The van der Waals surface area contributed by atoms with Crippen molar-refractivity contribution in [1.29, 1.82) is 5.26 Å². The zero-order chi connectivity index (χ0) is 11.1. The number of carbonyl (C=O) groups is 1. The highest BCUT2D eigenvalue weighted by Gasteiger charge is 2.14. The Labute approximate surface area is 86.7 Å². The molecule has 2 unspecified atom stereocenters. The molecule has 2 atom stereocenters. The summed E-state index contributed by atoms with van der Waals surface area (Å²) in [5.74, 6) is 0.490. The highest BCUT2D eigenvalue weighted by atomic mass is 16.2. The second-order valence-electron chi connectivity index (χ2n) is 4.02. The summed E-state index contributed by atoms with van der Waals surface area (Å²) in [5, 5.41) is 8.61. The van der Waals surface area contributed by atoms with Crippen LogP contribution in [-0.4, -0.2) is 24.4 Å². The van der Waals surface area contributed by atoms with E-state index in [1.54, 1.807) is 11.9 Å². The van der Waals surface area contributed by atoms with E-state index in [9.17, 15) is 4.79 Å². The SMILES string of the molecule is CCC(C)CC(=O)N(C)CC(C)C#N. The van der Waals surface area contributed by atoms with Crippen molar-refractivity contribution in [2.45, 2.75) is 33.6 Å². The minimum atomic E-state index is -0.0825. The predicted octanol–water partition coefficient (Wildman–Crippen LogP) is 2.04. The summed E-state index contributed by atoms with van der Waals surface area (Å²) in [5.41, 5.74) is 0. The lowest BCUT2D eigenvalue weighted by molar-refractivity contribution is -0.131. The van der Waals surface area contributed by atoms with Gasteiger partial charge in [0.25, 0.3) is 0 Å². The van der Waals surface area contributed by atoms with Gasteiger partial charge in [-0.15, -0.1) is 0 Å². The first-order valence-electron chi connectivity index (χ1n) is 5.14. The molecule has 14 heavy (non-hydrogen) atoms. The quantitative estimate of drug-likeness (QED) is 0.675. The topological polar surface area (TPSA) is 44.1 Å². The lowest BCUT2D eigenvalue weighted by atomic mass is 10.0. The Morgan fingerprint density at radius 2 is 2.07 bits per heavy atom. The highest BCUT2D eigenvalue weighted by Crippen LogP contribution is 2.09. The summed E-state index contributed by atoms with van der Waals surface area (Å²) < 4.78 is 0. The van der Waals surface area contributed by atoms with E-state index in [2.05, 4.69) is 19.9 Å². The van der Waals surface area contributed by atoms with Crippen LogP contribution < -0.4 is 0 Å². The van der Waals surface area contributed by atoms with E-state index in [0.717, 1.165) is 6.42 Å². The molecule has 0 aliphatic carbocycles. The van der Waals surface area contributed by atoms with Crippen molar-refractivity contribution < 1.29 is 4.79 Å². The zero-order valence-corrected chi connectivity index (χ0v) is 9.58. The van der Waals surface area contributed by atoms with Gasteiger partial charge in [-0.25, -0.2) is 0 Å². The molecule has 0 fully saturated rings. The first-order chi connectivity index (χ1) is 6.51. The van der Waals surface area contributed by atoms with Crippen LogP contribution in [-0.2, 0) is 4.79 Å². The van der Waals surface area contributed by atoms with Crippen LogP contribution in [0.15, 0.2) is 0 Å². The smallest absolute Gasteiger partial charge is 0.222 e. The molecule has 0 spiro atoms. The van der Waals surface area contributed by atoms with Crippen molar-refractivity contribution in [2.24, 2.45) is 11.8 Å². The molecule has 0 N–H and O–H groups in total. The van der Waals surface area contributed by atoms with Crippen LogP contribution in [0, 0.1) is 23.2 Å². The Kier molecular flexibility index (Phi) is 5.94. The Morgan fingerprint density at radius 1 is 1.50 bits per heavy atom. The molecule has 0 saturated carbocycles. The summed E-state index contributed by atoms with van der Waals surface area (Å²) in [6.07, 6.45) is 1.61. The van der Waals surface area contributed by atoms with Gasteiger partial charge in [0.05, 0.1) is 12.0 Å². The molecule has 3 nitrogen and oxygen atoms in total. The fourth-order valence-electron chi connectivity index (χ4n) is 1.15. The molecule has 0 aliphatic rings. The van der Waals surface area contributed by atoms with Crippen molar-refractivity contribution in [2.75, 3.05) is 13.6 Å². The molecule has 0 aromatic carbocycles. The maximum absolute atomic E-state index is 11.6. The Morgan fingerprint density at radius 3 is 2.50 bits per heavy atom. The van der Waals surface area contributed by atoms with Gasteiger partial charge < -0.3 is 4.90 Å². The zero-order valence-electron chi connectivity index (χ0n) is 9.58. The molecule has 0 heterocycles. The third-order valence-electron chi connectivity index (χ3n) is 2.41. The summed E-state index contributed by atoms with van der Waals surface area (Å²) in [4.78, 5) is 13.2. The standard InChI is InChI=1S/C11H20N2O/c1-5-9(2)6-11(14)13(4)8-10(3)7-12/h9-10H,5-6,8H2,1-4H3. The molecule has 3 heteroatoms. The van der Waals surface area contributed by atoms with Crippen LogP contribution in [0.2, 0.25) is 0 Å². The number of hydrogen-bond donors (Lipinski definition) is 0. The number of hydrogen-bond acceptors (Lipinski definition) is 2. The van der Waals surface area contributed by atoms with Crippen LogP contribution in [0.1, 0.15) is 33.6 Å². The second kappa shape index (κ2) is 6.42. The lowest BCUT2D eigenvalue weighted by Crippen LogP contribution is -2.31. The summed E-state index contributed by atoms with van der Waals surface area (Å²) in [6, 6.07) is 2.12. The summed E-state index contributed by atoms with van der Waals surface area (Å²) in [7, 11) is 1.76. The Hall–Kier alpha value is -1.04. The van der Waals surface area contributed by atoms with Gasteiger partial charge in [0.2, 0.25) is 5.91 Å². The van der Waals surface area contributed by atoms with Crippen LogP contribution in [0.25, 0.3) is 0 Å². The number of nitrogens with zero attached hydrogens (tertiary/aromatic N) is 2. The Bertz CT molecular complexity index is 220. The van der Waals surface area contributed by atoms with E-state index in [1.807, 2.05) is 6.92 Å². The van der Waals surface area contributed by atoms with Crippen molar-refractivity contribution >= 4 is 5.91 Å². The van der Waals surface area contributed by atoms with Gasteiger partial charge in [0.1, 0.15) is 0 Å². The molecule has 0 bridgehead atoms. The second-order valence-corrected chi connectivity index (χ2v) is 4.02. The minimum Gasteiger partial charge on any atom is -0.344 e. The normalized spacial score (nSPS) is 14.2. The summed E-state index contributed by atoms with van der Waals surface area (Å²) >= 11 is 0. The van der Waals surface area contributed by atoms with Gasteiger partial charge in [0, 0.05) is 20.0 Å². The molecule has 0 aromatic heterocycles. The van der Waals surface area contributed by atoms with Gasteiger partial charge in [-0.2, -0.15) is 5.26 Å². The average Bonchev–Trinajstić information content (AvgIpc) is 2.17. The predicted molar refractivity (Wildman–Crippen MR) is 56.5 cm³/mol. The van der Waals surface area contributed by atoms with E-state index >= 15 is 0 Å². The van der Waals surface area contributed by atoms with Crippen LogP contribution in [0.4, 0.5) is 0 Å². The first kappa shape index (κ1) is 13.0. The molecule has 0 rings (SSSR count). The number of nitriles is 1. The van der Waals surface area contributed by atoms with Crippen molar-refractivity contribution in [3.05, 3.63) is 0 Å². The van der Waals surface area contributed by atoms with Crippen LogP contribution in [0.3, 0.4) is 0 Å². The van der Waals surface area contributed by atoms with Crippen LogP contribution in [0.5, 0.6) is 0 Å². The number of rotatable bonds is 5. The number of carbonyl (C=O) groups excluding carboxylic acids is 1. The number of amides is 1. The lowest BCUT2D eigenvalue weighted by Gasteiger charge is -2.19. The van der Waals surface area contributed by atoms with E-state index in [0.29, 0.717) is 18.9 Å². The monoisotopic (exact) mass is 196 g/mol. The first-order valence-corrected chi connectivity index (χ1v) is 5.14. The van der Waals surface area contributed by atoms with E-state index in [4.69, 9.17) is 5.26 Å². The van der Waals surface area contributed by atoms with Crippen LogP contribution >= 0.6 is 0 Å². The molecule has 0 aromatic rings. The highest BCUT2D eigenvalue weighted by molar-refractivity contribution is 5.76. The van der Waals surface area contributed by atoms with E-state index in [-0.39, 0.29) is 11.8 Å². The third-order valence-corrected chi connectivity index (χ3v) is 2.41. The van der Waals surface area contributed by atoms with Crippen molar-refractivity contribution in [1.82, 2.24) is 4.90 Å². The summed E-state index contributed by atoms with van der Waals surface area (Å²) in [6.45, 7) is 6.51. The van der Waals surface area contributed by atoms with E-state index in [1.165, 1.54) is 0 Å². The van der Waals surface area contributed by atoms with Gasteiger partial charge in [0.15, 0.2) is 0 Å². The maximum atomic E-state index is 11.6. The fraction of sp³-hybridized carbons (Fsp3) is 0.818. The molecular formula is C11H20N2O. The third kappa shape index (κ3) is 4.86. The van der Waals surface area contributed by atoms with E-state index < -0.39 is 0 Å². The van der Waals surface area contributed by atoms with Gasteiger partial charge in [-0.1, -0.05) is 20.3 Å². The molecule has 0 saturated heterocycles. The van der Waals surface area contributed by atoms with Crippen molar-refractivity contribution in [3.8, 4) is 6.07 Å². The van der Waals surface area contributed by atoms with Gasteiger partial charge in [-0.3, -0.25) is 4.79 Å².